The van der Waals surface area contributed by atoms with Gasteiger partial charge >= 0.3 is 12.2 Å². The van der Waals surface area contributed by atoms with Crippen molar-refractivity contribution in [1.82, 2.24) is 19.8 Å². The lowest BCUT2D eigenvalue weighted by atomic mass is 9.90. The van der Waals surface area contributed by atoms with E-state index in [2.05, 4.69) is 9.88 Å². The highest BCUT2D eigenvalue weighted by Crippen LogP contribution is 2.49. The number of anilines is 2. The average Bonchev–Trinajstić information content (AvgIpc) is 3.92. The predicted octanol–water partition coefficient (Wildman–Crippen LogP) is 5.81. The number of aromatic nitrogens is 2. The quantitative estimate of drug-likeness (QED) is 0.224. The first-order chi connectivity index (χ1) is 25.4. The second-order valence-corrected chi connectivity index (χ2v) is 16.0. The maximum absolute atomic E-state index is 17.5. The summed E-state index contributed by atoms with van der Waals surface area (Å²) in [6, 6.07) is 3.93. The minimum absolute atomic E-state index is 0.0210. The van der Waals surface area contributed by atoms with Crippen molar-refractivity contribution in [2.75, 3.05) is 50.0 Å². The minimum atomic E-state index is -4.76. The van der Waals surface area contributed by atoms with Gasteiger partial charge in [0.15, 0.2) is 11.9 Å². The maximum Gasteiger partial charge on any atom is 0.415 e. The summed E-state index contributed by atoms with van der Waals surface area (Å²) in [5.41, 5.74) is 6.12. The Morgan fingerprint density at radius 2 is 1.85 bits per heavy atom. The molecule has 53 heavy (non-hydrogen) atoms. The summed E-state index contributed by atoms with van der Waals surface area (Å²) in [4.78, 5) is 15.1. The Kier molecular flexibility index (Phi) is 8.24. The molecule has 7 heterocycles. The van der Waals surface area contributed by atoms with E-state index in [-0.39, 0.29) is 90.0 Å². The topological polar surface area (TPSA) is 124 Å². The molecule has 0 amide bonds. The molecule has 5 aliphatic rings. The van der Waals surface area contributed by atoms with Gasteiger partial charge in [-0.15, -0.1) is 11.3 Å². The highest BCUT2D eigenvalue weighted by molar-refractivity contribution is 7.23. The molecule has 2 unspecified atom stereocenters. The standard InChI is InChI=1S/C36H35F6N7O3S/c37-17-8-35(6-1-7-48(35)10-17)16-52-34-45-31-28(33(46-34)49-18-2-3-19(49)12-47(11-18)13-25(50)36(40,41)42)22-15-51-14-21(22)27(30(31)39)29-23(38)4-5-24-26(29)20(9-43)32(44)53-24/h4-5,17-19,25,50H,1-3,6-8,10-16,44H2/t17-,18?,19?,25+,35+/m1/s1. The van der Waals surface area contributed by atoms with Gasteiger partial charge in [0.2, 0.25) is 0 Å². The molecule has 0 aliphatic carbocycles. The Balaban J connectivity index is 1.21. The third kappa shape index (κ3) is 5.50. The molecule has 4 fully saturated rings. The summed E-state index contributed by atoms with van der Waals surface area (Å²) in [5, 5.41) is 20.5. The number of thiophene rings is 1. The van der Waals surface area contributed by atoms with Crippen molar-refractivity contribution >= 4 is 43.1 Å². The van der Waals surface area contributed by atoms with Crippen molar-refractivity contribution in [2.24, 2.45) is 0 Å². The number of aliphatic hydroxyl groups excluding tert-OH is 1. The molecular weight excluding hydrogens is 724 g/mol. The number of alkyl halides is 4. The number of rotatable bonds is 7. The van der Waals surface area contributed by atoms with Gasteiger partial charge in [0.1, 0.15) is 41.0 Å². The van der Waals surface area contributed by atoms with Crippen LogP contribution in [0.25, 0.3) is 32.1 Å². The van der Waals surface area contributed by atoms with Gasteiger partial charge in [-0.3, -0.25) is 9.80 Å². The number of hydrogen-bond acceptors (Lipinski definition) is 11. The molecule has 10 nitrogen and oxygen atoms in total. The lowest BCUT2D eigenvalue weighted by Gasteiger charge is -2.43. The molecule has 4 saturated heterocycles. The summed E-state index contributed by atoms with van der Waals surface area (Å²) >= 11 is 1.10. The molecule has 5 aliphatic heterocycles. The van der Waals surface area contributed by atoms with Crippen LogP contribution in [0.2, 0.25) is 0 Å². The van der Waals surface area contributed by atoms with Crippen LogP contribution >= 0.6 is 11.3 Å². The first-order valence-corrected chi connectivity index (χ1v) is 18.5. The van der Waals surface area contributed by atoms with Crippen molar-refractivity contribution in [1.29, 1.82) is 5.26 Å². The molecule has 9 rings (SSSR count). The second kappa shape index (κ2) is 12.6. The molecule has 2 aromatic heterocycles. The van der Waals surface area contributed by atoms with Crippen molar-refractivity contribution < 1.29 is 40.9 Å². The second-order valence-electron chi connectivity index (χ2n) is 14.9. The summed E-state index contributed by atoms with van der Waals surface area (Å²) in [7, 11) is 0. The number of nitrogens with zero attached hydrogens (tertiary/aromatic N) is 6. The number of nitrogen functional groups attached to an aromatic ring is 1. The van der Waals surface area contributed by atoms with Gasteiger partial charge in [-0.2, -0.15) is 28.4 Å². The number of ether oxygens (including phenoxy) is 2. The number of benzene rings is 2. The number of fused-ring (bicyclic) bond motifs is 7. The number of piperazine rings is 1. The number of nitrogens with two attached hydrogens (primary N) is 1. The van der Waals surface area contributed by atoms with Crippen molar-refractivity contribution in [3.63, 3.8) is 0 Å². The summed E-state index contributed by atoms with van der Waals surface area (Å²) in [6.07, 6.45) is -5.19. The molecule has 2 aromatic carbocycles. The highest BCUT2D eigenvalue weighted by Gasteiger charge is 2.50. The average molecular weight is 760 g/mol. The molecular formula is C36H35F6N7O3S. The Morgan fingerprint density at radius 3 is 2.58 bits per heavy atom. The van der Waals surface area contributed by atoms with Crippen LogP contribution in [0.5, 0.6) is 6.01 Å². The number of nitriles is 1. The third-order valence-electron chi connectivity index (χ3n) is 11.8. The third-order valence-corrected chi connectivity index (χ3v) is 12.8. The normalized spacial score (nSPS) is 26.5. The maximum atomic E-state index is 17.5. The van der Waals surface area contributed by atoms with E-state index in [1.165, 1.54) is 12.1 Å². The molecule has 3 N–H and O–H groups in total. The first kappa shape index (κ1) is 34.8. The fourth-order valence-electron chi connectivity index (χ4n) is 9.52. The van der Waals surface area contributed by atoms with Gasteiger partial charge < -0.3 is 25.2 Å². The van der Waals surface area contributed by atoms with Crippen LogP contribution in [0.15, 0.2) is 12.1 Å². The summed E-state index contributed by atoms with van der Waals surface area (Å²) in [6.45, 7) is 0.858. The molecule has 0 saturated carbocycles. The monoisotopic (exact) mass is 759 g/mol. The Labute approximate surface area is 303 Å². The van der Waals surface area contributed by atoms with Gasteiger partial charge in [0, 0.05) is 65.9 Å². The largest absolute Gasteiger partial charge is 0.461 e. The molecule has 17 heteroatoms. The molecule has 280 valence electrons. The van der Waals surface area contributed by atoms with Crippen LogP contribution in [-0.4, -0.2) is 100 Å². The highest BCUT2D eigenvalue weighted by atomic mass is 32.1. The predicted molar refractivity (Wildman–Crippen MR) is 184 cm³/mol. The van der Waals surface area contributed by atoms with Crippen LogP contribution in [0.4, 0.5) is 37.2 Å². The van der Waals surface area contributed by atoms with E-state index in [0.717, 1.165) is 24.3 Å². The molecule has 5 atom stereocenters. The van der Waals surface area contributed by atoms with E-state index in [1.54, 1.807) is 4.90 Å². The van der Waals surface area contributed by atoms with Gasteiger partial charge in [-0.25, -0.2) is 13.2 Å². The zero-order valence-corrected chi connectivity index (χ0v) is 29.2. The zero-order valence-electron chi connectivity index (χ0n) is 28.4. The van der Waals surface area contributed by atoms with Crippen molar-refractivity contribution in [3.05, 3.63) is 40.5 Å². The Bertz CT molecular complexity index is 2180. The van der Waals surface area contributed by atoms with E-state index in [9.17, 15) is 27.9 Å². The fraction of sp³-hybridized carbons (Fsp3) is 0.528. The Morgan fingerprint density at radius 1 is 1.09 bits per heavy atom. The van der Waals surface area contributed by atoms with Gasteiger partial charge in [0.05, 0.1) is 29.7 Å². The van der Waals surface area contributed by atoms with Crippen LogP contribution in [0.3, 0.4) is 0 Å². The van der Waals surface area contributed by atoms with E-state index >= 15 is 8.78 Å². The van der Waals surface area contributed by atoms with E-state index in [4.69, 9.17) is 20.2 Å². The summed E-state index contributed by atoms with van der Waals surface area (Å²) in [5.74, 6) is -1.31. The molecule has 0 radical (unpaired) electrons. The van der Waals surface area contributed by atoms with Crippen LogP contribution in [-0.2, 0) is 18.0 Å². The lowest BCUT2D eigenvalue weighted by molar-refractivity contribution is -0.208. The number of β-amino-alcohol motifs (C(OH)–C–C–N with tert-alkyl or cyclic N) is 1. The number of likely N-dealkylation sites (tertiary alicyclic amines) is 1. The van der Waals surface area contributed by atoms with Crippen LogP contribution in [0, 0.1) is 23.0 Å². The van der Waals surface area contributed by atoms with Gasteiger partial charge in [-0.05, 0) is 55.5 Å². The molecule has 4 aromatic rings. The van der Waals surface area contributed by atoms with E-state index in [1.807, 2.05) is 11.0 Å². The van der Waals surface area contributed by atoms with Crippen molar-refractivity contribution in [3.8, 4) is 23.2 Å². The number of aliphatic hydroxyl groups is 1. The van der Waals surface area contributed by atoms with E-state index in [0.29, 0.717) is 52.8 Å². The van der Waals surface area contributed by atoms with Crippen LogP contribution < -0.4 is 15.4 Å². The van der Waals surface area contributed by atoms with Gasteiger partial charge in [0.25, 0.3) is 0 Å². The van der Waals surface area contributed by atoms with E-state index < -0.39 is 42.2 Å². The lowest BCUT2D eigenvalue weighted by Crippen LogP contribution is -2.56. The van der Waals surface area contributed by atoms with Gasteiger partial charge in [-0.1, -0.05) is 0 Å². The first-order valence-electron chi connectivity index (χ1n) is 17.7. The molecule has 0 spiro atoms. The Hall–Kier alpha value is -3.95. The smallest absolute Gasteiger partial charge is 0.415 e. The zero-order chi connectivity index (χ0) is 37.0. The SMILES string of the molecule is N#Cc1c(N)sc2ccc(F)c(-c3c4c(c5c(N6C7CCC6CN(C[C@H](O)C(F)(F)F)C7)nc(OC[C@@]67CCCN6C[C@H](F)C7)nc5c3F)COC4)c12. The fourth-order valence-corrected chi connectivity index (χ4v) is 10.5. The number of halogens is 6. The minimum Gasteiger partial charge on any atom is -0.461 e. The molecule has 2 bridgehead atoms. The van der Waals surface area contributed by atoms with Crippen molar-refractivity contribution in [2.45, 2.75) is 81.4 Å². The number of hydrogen-bond donors (Lipinski definition) is 2. The summed E-state index contributed by atoms with van der Waals surface area (Å²) < 4.78 is 101. The van der Waals surface area contributed by atoms with Crippen LogP contribution in [0.1, 0.15) is 48.8 Å².